The van der Waals surface area contributed by atoms with E-state index in [-0.39, 0.29) is 17.6 Å². The van der Waals surface area contributed by atoms with E-state index in [9.17, 15) is 9.18 Å². The lowest BCUT2D eigenvalue weighted by Crippen LogP contribution is -2.26. The van der Waals surface area contributed by atoms with E-state index in [4.69, 9.17) is 16.0 Å². The van der Waals surface area contributed by atoms with Gasteiger partial charge in [-0.3, -0.25) is 4.79 Å². The summed E-state index contributed by atoms with van der Waals surface area (Å²) in [5, 5.41) is 3.20. The van der Waals surface area contributed by atoms with Gasteiger partial charge in [-0.1, -0.05) is 35.9 Å². The van der Waals surface area contributed by atoms with E-state index in [1.807, 2.05) is 0 Å². The Balaban J connectivity index is 1.66. The SMILES string of the molecule is Cc1oc(-c2ccccc2F)nc1CCNC(=O)c1ccccc1Cl. The second-order valence-corrected chi connectivity index (χ2v) is 5.89. The highest BCUT2D eigenvalue weighted by molar-refractivity contribution is 6.33. The molecular formula is C19H16ClFN2O2. The average molecular weight is 359 g/mol. The van der Waals surface area contributed by atoms with Gasteiger partial charge in [-0.05, 0) is 31.2 Å². The third-order valence-electron chi connectivity index (χ3n) is 3.76. The first-order valence-electron chi connectivity index (χ1n) is 7.80. The zero-order chi connectivity index (χ0) is 17.8. The Labute approximate surface area is 149 Å². The van der Waals surface area contributed by atoms with Gasteiger partial charge in [0.1, 0.15) is 11.6 Å². The first kappa shape index (κ1) is 17.2. The Bertz CT molecular complexity index is 908. The van der Waals surface area contributed by atoms with Crippen LogP contribution in [0, 0.1) is 12.7 Å². The number of benzene rings is 2. The average Bonchev–Trinajstić information content (AvgIpc) is 2.96. The number of rotatable bonds is 5. The number of aromatic nitrogens is 1. The molecule has 0 aliphatic rings. The molecule has 3 aromatic rings. The normalized spacial score (nSPS) is 10.7. The Morgan fingerprint density at radius 2 is 1.92 bits per heavy atom. The van der Waals surface area contributed by atoms with E-state index in [0.717, 1.165) is 0 Å². The smallest absolute Gasteiger partial charge is 0.252 e. The Kier molecular flexibility index (Phi) is 5.14. The topological polar surface area (TPSA) is 55.1 Å². The number of carbonyl (C=O) groups excluding carboxylic acids is 1. The van der Waals surface area contributed by atoms with Crippen molar-refractivity contribution in [1.29, 1.82) is 0 Å². The van der Waals surface area contributed by atoms with Crippen LogP contribution in [0.25, 0.3) is 11.5 Å². The van der Waals surface area contributed by atoms with Gasteiger partial charge in [0.05, 0.1) is 21.8 Å². The molecule has 0 spiro atoms. The van der Waals surface area contributed by atoms with Gasteiger partial charge in [0, 0.05) is 13.0 Å². The third kappa shape index (κ3) is 3.88. The van der Waals surface area contributed by atoms with Crippen molar-refractivity contribution < 1.29 is 13.6 Å². The molecule has 2 aromatic carbocycles. The van der Waals surface area contributed by atoms with Crippen LogP contribution in [-0.4, -0.2) is 17.4 Å². The first-order chi connectivity index (χ1) is 12.1. The molecule has 0 unspecified atom stereocenters. The predicted molar refractivity (Wildman–Crippen MR) is 94.1 cm³/mol. The van der Waals surface area contributed by atoms with Gasteiger partial charge in [-0.25, -0.2) is 9.37 Å². The van der Waals surface area contributed by atoms with E-state index in [0.29, 0.717) is 40.6 Å². The number of hydrogen-bond acceptors (Lipinski definition) is 3. The molecule has 4 nitrogen and oxygen atoms in total. The van der Waals surface area contributed by atoms with E-state index in [1.54, 1.807) is 49.4 Å². The van der Waals surface area contributed by atoms with E-state index in [2.05, 4.69) is 10.3 Å². The summed E-state index contributed by atoms with van der Waals surface area (Å²) >= 11 is 6.00. The summed E-state index contributed by atoms with van der Waals surface area (Å²) in [5.41, 5.74) is 1.42. The highest BCUT2D eigenvalue weighted by Crippen LogP contribution is 2.24. The maximum Gasteiger partial charge on any atom is 0.252 e. The molecular weight excluding hydrogens is 343 g/mol. The molecule has 0 atom stereocenters. The lowest BCUT2D eigenvalue weighted by atomic mass is 10.2. The maximum atomic E-state index is 13.8. The van der Waals surface area contributed by atoms with Crippen molar-refractivity contribution in [2.75, 3.05) is 6.54 Å². The van der Waals surface area contributed by atoms with Crippen LogP contribution in [0.1, 0.15) is 21.8 Å². The van der Waals surface area contributed by atoms with Gasteiger partial charge in [-0.15, -0.1) is 0 Å². The largest absolute Gasteiger partial charge is 0.441 e. The standard InChI is InChI=1S/C19H16ClFN2O2/c1-12-17(23-19(25-12)14-7-3-5-9-16(14)21)10-11-22-18(24)13-6-2-4-8-15(13)20/h2-9H,10-11H2,1H3,(H,22,24). The third-order valence-corrected chi connectivity index (χ3v) is 4.09. The number of carbonyl (C=O) groups is 1. The fourth-order valence-electron chi connectivity index (χ4n) is 2.44. The van der Waals surface area contributed by atoms with Crippen LogP contribution in [0.4, 0.5) is 4.39 Å². The molecule has 25 heavy (non-hydrogen) atoms. The molecule has 1 amide bonds. The van der Waals surface area contributed by atoms with Crippen LogP contribution in [0.5, 0.6) is 0 Å². The summed E-state index contributed by atoms with van der Waals surface area (Å²) in [6.45, 7) is 2.14. The van der Waals surface area contributed by atoms with Gasteiger partial charge >= 0.3 is 0 Å². The van der Waals surface area contributed by atoms with Gasteiger partial charge in [0.15, 0.2) is 0 Å². The van der Waals surface area contributed by atoms with Crippen molar-refractivity contribution in [3.8, 4) is 11.5 Å². The van der Waals surface area contributed by atoms with Crippen LogP contribution < -0.4 is 5.32 Å². The van der Waals surface area contributed by atoms with Gasteiger partial charge in [0.2, 0.25) is 5.89 Å². The van der Waals surface area contributed by atoms with Crippen LogP contribution in [-0.2, 0) is 6.42 Å². The van der Waals surface area contributed by atoms with Crippen LogP contribution >= 0.6 is 11.6 Å². The minimum absolute atomic E-state index is 0.239. The van der Waals surface area contributed by atoms with Gasteiger partial charge in [0.25, 0.3) is 5.91 Å². The highest BCUT2D eigenvalue weighted by Gasteiger charge is 2.15. The summed E-state index contributed by atoms with van der Waals surface area (Å²) in [5.74, 6) is 0.205. The van der Waals surface area contributed by atoms with E-state index < -0.39 is 0 Å². The highest BCUT2D eigenvalue weighted by atomic mass is 35.5. The molecule has 0 aliphatic heterocycles. The lowest BCUT2D eigenvalue weighted by molar-refractivity contribution is 0.0954. The molecule has 1 N–H and O–H groups in total. The van der Waals surface area contributed by atoms with Crippen LogP contribution in [0.2, 0.25) is 5.02 Å². The van der Waals surface area contributed by atoms with Crippen LogP contribution in [0.15, 0.2) is 52.9 Å². The molecule has 0 aliphatic carbocycles. The maximum absolute atomic E-state index is 13.8. The summed E-state index contributed by atoms with van der Waals surface area (Å²) in [6.07, 6.45) is 0.472. The molecule has 6 heteroatoms. The lowest BCUT2D eigenvalue weighted by Gasteiger charge is -2.05. The second kappa shape index (κ2) is 7.49. The number of aryl methyl sites for hydroxylation is 1. The van der Waals surface area contributed by atoms with Gasteiger partial charge in [-0.2, -0.15) is 0 Å². The summed E-state index contributed by atoms with van der Waals surface area (Å²) in [4.78, 5) is 16.5. The van der Waals surface area contributed by atoms with Crippen molar-refractivity contribution >= 4 is 17.5 Å². The number of halogens is 2. The Morgan fingerprint density at radius 3 is 2.68 bits per heavy atom. The van der Waals surface area contributed by atoms with Crippen molar-refractivity contribution in [1.82, 2.24) is 10.3 Å². The molecule has 0 bridgehead atoms. The van der Waals surface area contributed by atoms with E-state index >= 15 is 0 Å². The molecule has 1 heterocycles. The number of hydrogen-bond donors (Lipinski definition) is 1. The number of oxazole rings is 1. The molecule has 128 valence electrons. The van der Waals surface area contributed by atoms with Crippen molar-refractivity contribution in [3.05, 3.63) is 76.4 Å². The first-order valence-corrected chi connectivity index (χ1v) is 8.18. The molecule has 3 rings (SSSR count). The Hall–Kier alpha value is -2.66. The monoisotopic (exact) mass is 358 g/mol. The molecule has 0 saturated heterocycles. The molecule has 0 saturated carbocycles. The van der Waals surface area contributed by atoms with Crippen molar-refractivity contribution in [3.63, 3.8) is 0 Å². The van der Waals surface area contributed by atoms with Crippen molar-refractivity contribution in [2.24, 2.45) is 0 Å². The molecule has 1 aromatic heterocycles. The fraction of sp³-hybridized carbons (Fsp3) is 0.158. The Morgan fingerprint density at radius 1 is 1.20 bits per heavy atom. The minimum atomic E-state index is -0.387. The zero-order valence-corrected chi connectivity index (χ0v) is 14.3. The van der Waals surface area contributed by atoms with Crippen molar-refractivity contribution in [2.45, 2.75) is 13.3 Å². The molecule has 0 radical (unpaired) electrons. The minimum Gasteiger partial charge on any atom is -0.441 e. The predicted octanol–water partition coefficient (Wildman–Crippen LogP) is 4.42. The van der Waals surface area contributed by atoms with Gasteiger partial charge < -0.3 is 9.73 Å². The number of amides is 1. The number of nitrogens with one attached hydrogen (secondary N) is 1. The van der Waals surface area contributed by atoms with Crippen LogP contribution in [0.3, 0.4) is 0 Å². The quantitative estimate of drug-likeness (QED) is 0.734. The summed E-state index contributed by atoms with van der Waals surface area (Å²) in [7, 11) is 0. The fourth-order valence-corrected chi connectivity index (χ4v) is 2.67. The summed E-state index contributed by atoms with van der Waals surface area (Å²) in [6, 6.07) is 13.2. The summed E-state index contributed by atoms with van der Waals surface area (Å²) < 4.78 is 19.4. The van der Waals surface area contributed by atoms with E-state index in [1.165, 1.54) is 6.07 Å². The molecule has 0 fully saturated rings. The second-order valence-electron chi connectivity index (χ2n) is 5.49. The zero-order valence-electron chi connectivity index (χ0n) is 13.6. The number of nitrogens with zero attached hydrogens (tertiary/aromatic N) is 1.